The largest absolute Gasteiger partial charge is 0.497 e. The normalized spacial score (nSPS) is 27.1. The lowest BCUT2D eigenvalue weighted by molar-refractivity contribution is -0.268. The third kappa shape index (κ3) is 3.12. The summed E-state index contributed by atoms with van der Waals surface area (Å²) in [5.41, 5.74) is 2.24. The van der Waals surface area contributed by atoms with Crippen LogP contribution in [0.15, 0.2) is 30.3 Å². The quantitative estimate of drug-likeness (QED) is 0.794. The first kappa shape index (κ1) is 14.8. The molecule has 1 aromatic rings. The van der Waals surface area contributed by atoms with Gasteiger partial charge in [-0.3, -0.25) is 0 Å². The van der Waals surface area contributed by atoms with Crippen LogP contribution in [0.25, 0.3) is 6.08 Å². The molecular formula is C13H15F3N2O2. The van der Waals surface area contributed by atoms with Crippen LogP contribution in [-0.4, -0.2) is 30.2 Å². The van der Waals surface area contributed by atoms with Gasteiger partial charge in [0.15, 0.2) is 0 Å². The molecule has 0 aromatic heterocycles. The Morgan fingerprint density at radius 2 is 2.00 bits per heavy atom. The molecule has 3 N–H and O–H groups in total. The van der Waals surface area contributed by atoms with Gasteiger partial charge in [-0.25, -0.2) is 10.9 Å². The second-order valence-electron chi connectivity index (χ2n) is 4.57. The van der Waals surface area contributed by atoms with Crippen LogP contribution >= 0.6 is 0 Å². The van der Waals surface area contributed by atoms with Crippen LogP contribution in [0.3, 0.4) is 0 Å². The van der Waals surface area contributed by atoms with Gasteiger partial charge in [0.1, 0.15) is 5.75 Å². The Labute approximate surface area is 114 Å². The van der Waals surface area contributed by atoms with E-state index in [9.17, 15) is 18.3 Å². The number of methoxy groups -OCH3 is 1. The van der Waals surface area contributed by atoms with Crippen LogP contribution in [-0.2, 0) is 0 Å². The molecule has 4 nitrogen and oxygen atoms in total. The maximum absolute atomic E-state index is 12.6. The molecule has 0 radical (unpaired) electrons. The lowest BCUT2D eigenvalue weighted by Gasteiger charge is -2.24. The highest BCUT2D eigenvalue weighted by atomic mass is 19.4. The molecule has 1 saturated heterocycles. The number of benzene rings is 1. The highest BCUT2D eigenvalue weighted by molar-refractivity contribution is 5.51. The molecule has 0 saturated carbocycles. The highest BCUT2D eigenvalue weighted by Crippen LogP contribution is 2.34. The second-order valence-corrected chi connectivity index (χ2v) is 4.57. The van der Waals surface area contributed by atoms with Gasteiger partial charge in [-0.2, -0.15) is 13.2 Å². The van der Waals surface area contributed by atoms with Crippen molar-refractivity contribution >= 4 is 6.08 Å². The van der Waals surface area contributed by atoms with Gasteiger partial charge in [0.25, 0.3) is 0 Å². The molecule has 1 heterocycles. The van der Waals surface area contributed by atoms with Gasteiger partial charge in [0.05, 0.1) is 7.11 Å². The SMILES string of the molecule is COc1ccc(/C=C/C2CC(O)(C(F)(F)F)NN2)cc1. The minimum absolute atomic E-state index is 0.483. The van der Waals surface area contributed by atoms with E-state index in [4.69, 9.17) is 4.74 Å². The molecule has 0 aliphatic carbocycles. The van der Waals surface area contributed by atoms with Gasteiger partial charge in [-0.15, -0.1) is 0 Å². The third-order valence-electron chi connectivity index (χ3n) is 3.09. The minimum Gasteiger partial charge on any atom is -0.497 e. The number of hydrogen-bond donors (Lipinski definition) is 3. The summed E-state index contributed by atoms with van der Waals surface area (Å²) >= 11 is 0. The number of ether oxygens (including phenoxy) is 1. The lowest BCUT2D eigenvalue weighted by Crippen LogP contribution is -2.55. The third-order valence-corrected chi connectivity index (χ3v) is 3.09. The fourth-order valence-corrected chi connectivity index (χ4v) is 1.88. The van der Waals surface area contributed by atoms with Crippen molar-refractivity contribution in [1.82, 2.24) is 10.9 Å². The van der Waals surface area contributed by atoms with Crippen molar-refractivity contribution in [3.05, 3.63) is 35.9 Å². The molecule has 0 spiro atoms. The smallest absolute Gasteiger partial charge is 0.432 e. The molecule has 1 aliphatic rings. The molecule has 110 valence electrons. The van der Waals surface area contributed by atoms with Gasteiger partial charge in [0.2, 0.25) is 5.72 Å². The van der Waals surface area contributed by atoms with Gasteiger partial charge in [-0.05, 0) is 17.7 Å². The predicted molar refractivity (Wildman–Crippen MR) is 67.7 cm³/mol. The van der Waals surface area contributed by atoms with Crippen molar-refractivity contribution in [2.45, 2.75) is 24.4 Å². The molecular weight excluding hydrogens is 273 g/mol. The van der Waals surface area contributed by atoms with E-state index in [2.05, 4.69) is 5.43 Å². The van der Waals surface area contributed by atoms with E-state index in [0.717, 1.165) is 5.56 Å². The molecule has 20 heavy (non-hydrogen) atoms. The Hall–Kier alpha value is -1.57. The average molecular weight is 288 g/mol. The summed E-state index contributed by atoms with van der Waals surface area (Å²) in [4.78, 5) is 0. The number of hydrazine groups is 1. The van der Waals surface area contributed by atoms with Gasteiger partial charge < -0.3 is 9.84 Å². The van der Waals surface area contributed by atoms with E-state index in [0.29, 0.717) is 5.75 Å². The monoisotopic (exact) mass is 288 g/mol. The van der Waals surface area contributed by atoms with E-state index in [1.165, 1.54) is 0 Å². The Kier molecular flexibility index (Phi) is 4.03. The van der Waals surface area contributed by atoms with Crippen LogP contribution in [0.5, 0.6) is 5.75 Å². The van der Waals surface area contributed by atoms with Gasteiger partial charge in [-0.1, -0.05) is 24.3 Å². The maximum Gasteiger partial charge on any atom is 0.432 e. The molecule has 1 aliphatic heterocycles. The molecule has 0 bridgehead atoms. The van der Waals surface area contributed by atoms with Crippen molar-refractivity contribution < 1.29 is 23.0 Å². The van der Waals surface area contributed by atoms with E-state index < -0.39 is 24.4 Å². The van der Waals surface area contributed by atoms with Crippen molar-refractivity contribution in [3.8, 4) is 5.75 Å². The zero-order valence-electron chi connectivity index (χ0n) is 10.7. The first-order chi connectivity index (χ1) is 9.34. The molecule has 2 atom stereocenters. The molecule has 1 aromatic carbocycles. The van der Waals surface area contributed by atoms with Crippen molar-refractivity contribution in [3.63, 3.8) is 0 Å². The average Bonchev–Trinajstić information content (AvgIpc) is 2.80. The topological polar surface area (TPSA) is 53.5 Å². The number of alkyl halides is 3. The summed E-state index contributed by atoms with van der Waals surface area (Å²) in [6, 6.07) is 6.48. The van der Waals surface area contributed by atoms with Crippen LogP contribution in [0.2, 0.25) is 0 Å². The van der Waals surface area contributed by atoms with Crippen LogP contribution in [0.1, 0.15) is 12.0 Å². The summed E-state index contributed by atoms with van der Waals surface area (Å²) < 4.78 is 42.7. The zero-order valence-corrected chi connectivity index (χ0v) is 10.7. The first-order valence-corrected chi connectivity index (χ1v) is 5.98. The molecule has 1 fully saturated rings. The summed E-state index contributed by atoms with van der Waals surface area (Å²) in [6.45, 7) is 0. The summed E-state index contributed by atoms with van der Waals surface area (Å²) in [6.07, 6.45) is -1.95. The van der Waals surface area contributed by atoms with E-state index >= 15 is 0 Å². The van der Waals surface area contributed by atoms with Crippen molar-refractivity contribution in [2.24, 2.45) is 0 Å². The highest BCUT2D eigenvalue weighted by Gasteiger charge is 2.57. The van der Waals surface area contributed by atoms with E-state index in [1.807, 2.05) is 5.43 Å². The fraction of sp³-hybridized carbons (Fsp3) is 0.385. The lowest BCUT2D eigenvalue weighted by atomic mass is 10.1. The second kappa shape index (κ2) is 5.43. The number of halogens is 3. The van der Waals surface area contributed by atoms with Gasteiger partial charge >= 0.3 is 6.18 Å². The number of aliphatic hydroxyl groups is 1. The van der Waals surface area contributed by atoms with Crippen LogP contribution < -0.4 is 15.6 Å². The Morgan fingerprint density at radius 1 is 1.35 bits per heavy atom. The Bertz CT molecular complexity index is 487. The predicted octanol–water partition coefficient (Wildman–Crippen LogP) is 1.83. The maximum atomic E-state index is 12.6. The van der Waals surface area contributed by atoms with Crippen molar-refractivity contribution in [2.75, 3.05) is 7.11 Å². The Morgan fingerprint density at radius 3 is 2.50 bits per heavy atom. The van der Waals surface area contributed by atoms with Gasteiger partial charge in [0, 0.05) is 12.5 Å². The fourth-order valence-electron chi connectivity index (χ4n) is 1.88. The first-order valence-electron chi connectivity index (χ1n) is 5.98. The molecule has 0 amide bonds. The zero-order chi connectivity index (χ0) is 14.8. The Balaban J connectivity index is 1.99. The standard InChI is InChI=1S/C13H15F3N2O2/c1-20-11-6-3-9(4-7-11)2-5-10-8-12(19,18-17-10)13(14,15)16/h2-7,10,17-19H,8H2,1H3/b5-2+. The number of rotatable bonds is 3. The number of nitrogens with one attached hydrogen (secondary N) is 2. The van der Waals surface area contributed by atoms with E-state index in [-0.39, 0.29) is 0 Å². The number of hydrogen-bond acceptors (Lipinski definition) is 4. The summed E-state index contributed by atoms with van der Waals surface area (Å²) in [5, 5.41) is 9.41. The molecule has 7 heteroatoms. The molecule has 2 unspecified atom stereocenters. The van der Waals surface area contributed by atoms with Crippen LogP contribution in [0.4, 0.5) is 13.2 Å². The summed E-state index contributed by atoms with van der Waals surface area (Å²) in [5.74, 6) is 0.703. The van der Waals surface area contributed by atoms with E-state index in [1.54, 1.807) is 43.5 Å². The van der Waals surface area contributed by atoms with Crippen LogP contribution in [0, 0.1) is 0 Å². The minimum atomic E-state index is -4.72. The van der Waals surface area contributed by atoms with Crippen molar-refractivity contribution in [1.29, 1.82) is 0 Å². The molecule has 2 rings (SSSR count). The summed E-state index contributed by atoms with van der Waals surface area (Å²) in [7, 11) is 1.55.